The molecule has 0 aliphatic heterocycles. The maximum absolute atomic E-state index is 13.6. The second-order valence-corrected chi connectivity index (χ2v) is 4.48. The van der Waals surface area contributed by atoms with Crippen molar-refractivity contribution in [3.63, 3.8) is 0 Å². The highest BCUT2D eigenvalue weighted by Gasteiger charge is 2.18. The van der Waals surface area contributed by atoms with Gasteiger partial charge >= 0.3 is 0 Å². The lowest BCUT2D eigenvalue weighted by Crippen LogP contribution is -2.30. The first kappa shape index (κ1) is 15.4. The van der Waals surface area contributed by atoms with Gasteiger partial charge in [0.1, 0.15) is 11.6 Å². The summed E-state index contributed by atoms with van der Waals surface area (Å²) < 4.78 is 19.0. The number of non-ortho nitro benzene ring substituents is 1. The summed E-state index contributed by atoms with van der Waals surface area (Å²) in [5, 5.41) is 13.0. The van der Waals surface area contributed by atoms with Crippen LogP contribution in [0.25, 0.3) is 0 Å². The number of hydrogen-bond acceptors (Lipinski definition) is 4. The number of carbonyl (C=O) groups is 1. The highest BCUT2D eigenvalue weighted by Crippen LogP contribution is 2.21. The third-order valence-corrected chi connectivity index (χ3v) is 2.84. The van der Waals surface area contributed by atoms with E-state index >= 15 is 0 Å². The summed E-state index contributed by atoms with van der Waals surface area (Å²) >= 11 is 0. The number of ether oxygens (including phenoxy) is 1. The molecule has 0 fully saturated rings. The molecule has 22 heavy (non-hydrogen) atoms. The Morgan fingerprint density at radius 3 is 2.59 bits per heavy atom. The average molecular weight is 304 g/mol. The molecule has 0 heterocycles. The molecule has 0 bridgehead atoms. The number of anilines is 1. The van der Waals surface area contributed by atoms with Gasteiger partial charge in [-0.3, -0.25) is 14.9 Å². The summed E-state index contributed by atoms with van der Waals surface area (Å²) in [5.74, 6) is -0.876. The summed E-state index contributed by atoms with van der Waals surface area (Å²) in [7, 11) is 0. The summed E-state index contributed by atoms with van der Waals surface area (Å²) in [6, 6.07) is 11.6. The molecule has 0 saturated carbocycles. The van der Waals surface area contributed by atoms with E-state index in [2.05, 4.69) is 5.32 Å². The number of nitrogens with zero attached hydrogens (tertiary/aromatic N) is 1. The van der Waals surface area contributed by atoms with E-state index in [4.69, 9.17) is 4.74 Å². The van der Waals surface area contributed by atoms with Crippen LogP contribution in [0, 0.1) is 15.9 Å². The van der Waals surface area contributed by atoms with E-state index in [1.165, 1.54) is 6.92 Å². The van der Waals surface area contributed by atoms with Crippen LogP contribution in [-0.2, 0) is 4.79 Å². The summed E-state index contributed by atoms with van der Waals surface area (Å²) in [6.45, 7) is 1.50. The SMILES string of the molecule is CC(Oc1ccccc1)C(=O)Nc1cc([N+](=O)[O-])ccc1F. The van der Waals surface area contributed by atoms with Gasteiger partial charge in [0.2, 0.25) is 0 Å². The molecule has 0 radical (unpaired) electrons. The van der Waals surface area contributed by atoms with Crippen LogP contribution in [0.15, 0.2) is 48.5 Å². The highest BCUT2D eigenvalue weighted by atomic mass is 19.1. The smallest absolute Gasteiger partial charge is 0.271 e. The molecule has 6 nitrogen and oxygen atoms in total. The molecule has 2 rings (SSSR count). The van der Waals surface area contributed by atoms with Gasteiger partial charge in [0.05, 0.1) is 10.6 Å². The van der Waals surface area contributed by atoms with Gasteiger partial charge in [-0.1, -0.05) is 18.2 Å². The Morgan fingerprint density at radius 2 is 1.95 bits per heavy atom. The van der Waals surface area contributed by atoms with E-state index in [1.54, 1.807) is 30.3 Å². The summed E-state index contributed by atoms with van der Waals surface area (Å²) in [4.78, 5) is 22.0. The molecule has 1 atom stereocenters. The molecule has 0 spiro atoms. The van der Waals surface area contributed by atoms with Gasteiger partial charge in [0, 0.05) is 12.1 Å². The van der Waals surface area contributed by atoms with E-state index in [-0.39, 0.29) is 11.4 Å². The van der Waals surface area contributed by atoms with Crippen LogP contribution in [0.4, 0.5) is 15.8 Å². The van der Waals surface area contributed by atoms with Crippen molar-refractivity contribution in [2.45, 2.75) is 13.0 Å². The number of benzene rings is 2. The van der Waals surface area contributed by atoms with Crippen molar-refractivity contribution >= 4 is 17.3 Å². The predicted octanol–water partition coefficient (Wildman–Crippen LogP) is 3.14. The largest absolute Gasteiger partial charge is 0.481 e. The molecule has 0 aromatic heterocycles. The zero-order valence-electron chi connectivity index (χ0n) is 11.7. The number of nitro benzene ring substituents is 1. The normalized spacial score (nSPS) is 11.5. The number of carbonyl (C=O) groups excluding carboxylic acids is 1. The minimum Gasteiger partial charge on any atom is -0.481 e. The first-order valence-corrected chi connectivity index (χ1v) is 6.44. The number of para-hydroxylation sites is 1. The second kappa shape index (κ2) is 6.66. The lowest BCUT2D eigenvalue weighted by Gasteiger charge is -2.14. The molecule has 0 saturated heterocycles. The van der Waals surface area contributed by atoms with E-state index in [0.29, 0.717) is 5.75 Å². The van der Waals surface area contributed by atoms with Crippen LogP contribution in [0.1, 0.15) is 6.92 Å². The summed E-state index contributed by atoms with van der Waals surface area (Å²) in [6.07, 6.45) is -0.888. The van der Waals surface area contributed by atoms with Gasteiger partial charge in [0.25, 0.3) is 11.6 Å². The monoisotopic (exact) mass is 304 g/mol. The second-order valence-electron chi connectivity index (χ2n) is 4.48. The summed E-state index contributed by atoms with van der Waals surface area (Å²) in [5.41, 5.74) is -0.573. The topological polar surface area (TPSA) is 81.5 Å². The van der Waals surface area contributed by atoms with Crippen LogP contribution in [0.3, 0.4) is 0 Å². The zero-order chi connectivity index (χ0) is 16.1. The minimum atomic E-state index is -0.888. The molecule has 0 aliphatic rings. The van der Waals surface area contributed by atoms with Gasteiger partial charge in [-0.25, -0.2) is 4.39 Å². The fraction of sp³-hybridized carbons (Fsp3) is 0.133. The van der Waals surface area contributed by atoms with Gasteiger partial charge < -0.3 is 10.1 Å². The molecule has 0 aliphatic carbocycles. The predicted molar refractivity (Wildman–Crippen MR) is 78.2 cm³/mol. The fourth-order valence-electron chi connectivity index (χ4n) is 1.71. The van der Waals surface area contributed by atoms with E-state index in [9.17, 15) is 19.3 Å². The fourth-order valence-corrected chi connectivity index (χ4v) is 1.71. The van der Waals surface area contributed by atoms with Crippen molar-refractivity contribution in [3.8, 4) is 5.75 Å². The van der Waals surface area contributed by atoms with E-state index in [0.717, 1.165) is 18.2 Å². The lowest BCUT2D eigenvalue weighted by atomic mass is 10.2. The van der Waals surface area contributed by atoms with Crippen molar-refractivity contribution in [1.82, 2.24) is 0 Å². The Hall–Kier alpha value is -2.96. The average Bonchev–Trinajstić information content (AvgIpc) is 2.50. The first-order valence-electron chi connectivity index (χ1n) is 6.44. The minimum absolute atomic E-state index is 0.261. The van der Waals surface area contributed by atoms with Gasteiger partial charge in [-0.2, -0.15) is 0 Å². The van der Waals surface area contributed by atoms with Crippen molar-refractivity contribution in [2.24, 2.45) is 0 Å². The molecular formula is C15H13FN2O4. The number of nitro groups is 1. The maximum Gasteiger partial charge on any atom is 0.271 e. The Balaban J connectivity index is 2.08. The van der Waals surface area contributed by atoms with Gasteiger partial charge in [-0.15, -0.1) is 0 Å². The van der Waals surface area contributed by atoms with Crippen molar-refractivity contribution in [2.75, 3.05) is 5.32 Å². The molecule has 114 valence electrons. The van der Waals surface area contributed by atoms with Crippen LogP contribution in [-0.4, -0.2) is 16.9 Å². The Morgan fingerprint density at radius 1 is 1.27 bits per heavy atom. The van der Waals surface area contributed by atoms with Crippen LogP contribution >= 0.6 is 0 Å². The first-order chi connectivity index (χ1) is 10.5. The molecule has 1 amide bonds. The number of hydrogen-bond donors (Lipinski definition) is 1. The molecular weight excluding hydrogens is 291 g/mol. The molecule has 7 heteroatoms. The standard InChI is InChI=1S/C15H13FN2O4/c1-10(22-12-5-3-2-4-6-12)15(19)17-14-9-11(18(20)21)7-8-13(14)16/h2-10H,1H3,(H,17,19). The van der Waals surface area contributed by atoms with Crippen LogP contribution in [0.2, 0.25) is 0 Å². The van der Waals surface area contributed by atoms with Gasteiger partial charge in [-0.05, 0) is 25.1 Å². The Bertz CT molecular complexity index is 691. The molecule has 2 aromatic carbocycles. The lowest BCUT2D eigenvalue weighted by molar-refractivity contribution is -0.384. The number of nitrogens with one attached hydrogen (secondary N) is 1. The van der Waals surface area contributed by atoms with Crippen LogP contribution in [0.5, 0.6) is 5.75 Å². The van der Waals surface area contributed by atoms with Gasteiger partial charge in [0.15, 0.2) is 6.10 Å². The van der Waals surface area contributed by atoms with Crippen molar-refractivity contribution in [1.29, 1.82) is 0 Å². The van der Waals surface area contributed by atoms with Crippen molar-refractivity contribution in [3.05, 3.63) is 64.5 Å². The quantitative estimate of drug-likeness (QED) is 0.679. The molecule has 1 N–H and O–H groups in total. The number of amides is 1. The molecule has 2 aromatic rings. The third kappa shape index (κ3) is 3.78. The number of halogens is 1. The highest BCUT2D eigenvalue weighted by molar-refractivity contribution is 5.94. The third-order valence-electron chi connectivity index (χ3n) is 2.84. The maximum atomic E-state index is 13.6. The zero-order valence-corrected chi connectivity index (χ0v) is 11.7. The Kier molecular flexibility index (Phi) is 4.67. The Labute approximate surface area is 125 Å². The van der Waals surface area contributed by atoms with Crippen molar-refractivity contribution < 1.29 is 18.8 Å². The van der Waals surface area contributed by atoms with E-state index < -0.39 is 22.8 Å². The van der Waals surface area contributed by atoms with E-state index in [1.807, 2.05) is 0 Å². The number of rotatable bonds is 5. The molecule has 1 unspecified atom stereocenters. The van der Waals surface area contributed by atoms with Crippen LogP contribution < -0.4 is 10.1 Å².